The second kappa shape index (κ2) is 8.45. The van der Waals surface area contributed by atoms with Crippen LogP contribution in [0.4, 0.5) is 11.4 Å². The molecule has 0 saturated carbocycles. The Labute approximate surface area is 163 Å². The van der Waals surface area contributed by atoms with Gasteiger partial charge in [0.1, 0.15) is 5.52 Å². The Balaban J connectivity index is 1.26. The molecule has 0 saturated heterocycles. The summed E-state index contributed by atoms with van der Waals surface area (Å²) in [5.41, 5.74) is 3.22. The second-order valence-corrected chi connectivity index (χ2v) is 6.41. The third-order valence-corrected chi connectivity index (χ3v) is 4.47. The molecule has 3 aromatic carbocycles. The zero-order valence-corrected chi connectivity index (χ0v) is 15.4. The second-order valence-electron chi connectivity index (χ2n) is 6.41. The minimum absolute atomic E-state index is 0.108. The zero-order valence-electron chi connectivity index (χ0n) is 15.4. The van der Waals surface area contributed by atoms with E-state index in [0.29, 0.717) is 17.7 Å². The highest BCUT2D eigenvalue weighted by molar-refractivity contribution is 6.00. The van der Waals surface area contributed by atoms with Crippen molar-refractivity contribution in [3.63, 3.8) is 0 Å². The fourth-order valence-corrected chi connectivity index (χ4v) is 3.15. The van der Waals surface area contributed by atoms with Gasteiger partial charge in [-0.1, -0.05) is 42.5 Å². The lowest BCUT2D eigenvalue weighted by molar-refractivity contribution is -0.115. The number of hydrogen-bond acceptors (Lipinski definition) is 5. The van der Waals surface area contributed by atoms with E-state index in [0.717, 1.165) is 17.7 Å². The molecule has 0 aliphatic rings. The third-order valence-electron chi connectivity index (χ3n) is 4.47. The number of amides is 1. The van der Waals surface area contributed by atoms with E-state index in [2.05, 4.69) is 50.2 Å². The lowest BCUT2D eigenvalue weighted by Crippen LogP contribution is -2.31. The number of hydrogen-bond donors (Lipinski definition) is 3. The van der Waals surface area contributed by atoms with Crippen LogP contribution in [-0.2, 0) is 4.79 Å². The van der Waals surface area contributed by atoms with Gasteiger partial charge in [0.25, 0.3) is 0 Å². The third kappa shape index (κ3) is 4.07. The van der Waals surface area contributed by atoms with Crippen LogP contribution in [0.5, 0.6) is 0 Å². The van der Waals surface area contributed by atoms with Gasteiger partial charge < -0.3 is 16.0 Å². The van der Waals surface area contributed by atoms with Gasteiger partial charge in [-0.3, -0.25) is 14.8 Å². The number of rotatable bonds is 7. The van der Waals surface area contributed by atoms with Crippen molar-refractivity contribution in [1.82, 2.24) is 15.3 Å². The normalized spacial score (nSPS) is 10.9. The van der Waals surface area contributed by atoms with E-state index in [1.807, 2.05) is 36.4 Å². The van der Waals surface area contributed by atoms with Crippen molar-refractivity contribution in [2.24, 2.45) is 0 Å². The standard InChI is InChI=1S/C22H21N5O/c28-21(27-20-10-4-9-19-22(20)26-14-13-25-19)15-23-11-12-24-18-8-3-6-16-5-1-2-7-17(16)18/h1-10,13-14,23-24H,11-12,15H2,(H,27,28). The largest absolute Gasteiger partial charge is 0.383 e. The minimum atomic E-state index is -0.108. The molecule has 0 unspecified atom stereocenters. The minimum Gasteiger partial charge on any atom is -0.383 e. The van der Waals surface area contributed by atoms with Crippen molar-refractivity contribution in [3.8, 4) is 0 Å². The lowest BCUT2D eigenvalue weighted by atomic mass is 10.1. The molecule has 4 aromatic rings. The van der Waals surface area contributed by atoms with Gasteiger partial charge >= 0.3 is 0 Å². The van der Waals surface area contributed by atoms with Crippen LogP contribution < -0.4 is 16.0 Å². The summed E-state index contributed by atoms with van der Waals surface area (Å²) in [6.07, 6.45) is 3.26. The van der Waals surface area contributed by atoms with E-state index in [9.17, 15) is 4.79 Å². The molecule has 4 rings (SSSR count). The van der Waals surface area contributed by atoms with Gasteiger partial charge in [-0.25, -0.2) is 0 Å². The van der Waals surface area contributed by atoms with E-state index < -0.39 is 0 Å². The highest BCUT2D eigenvalue weighted by Gasteiger charge is 2.07. The van der Waals surface area contributed by atoms with Crippen LogP contribution in [0, 0.1) is 0 Å². The van der Waals surface area contributed by atoms with Crippen LogP contribution in [0.25, 0.3) is 21.8 Å². The number of aromatic nitrogens is 2. The van der Waals surface area contributed by atoms with Gasteiger partial charge in [-0.15, -0.1) is 0 Å². The van der Waals surface area contributed by atoms with Gasteiger partial charge in [0.15, 0.2) is 0 Å². The summed E-state index contributed by atoms with van der Waals surface area (Å²) in [5.74, 6) is -0.108. The average molecular weight is 371 g/mol. The van der Waals surface area contributed by atoms with E-state index in [4.69, 9.17) is 0 Å². The summed E-state index contributed by atoms with van der Waals surface area (Å²) in [6, 6.07) is 20.0. The molecule has 0 fully saturated rings. The van der Waals surface area contributed by atoms with Crippen LogP contribution >= 0.6 is 0 Å². The summed E-state index contributed by atoms with van der Waals surface area (Å²) in [6.45, 7) is 1.63. The van der Waals surface area contributed by atoms with E-state index in [1.165, 1.54) is 10.8 Å². The first-order valence-electron chi connectivity index (χ1n) is 9.23. The van der Waals surface area contributed by atoms with Crippen molar-refractivity contribution in [3.05, 3.63) is 73.1 Å². The Morgan fingerprint density at radius 2 is 1.61 bits per heavy atom. The molecule has 0 atom stereocenters. The number of fused-ring (bicyclic) bond motifs is 2. The fraction of sp³-hybridized carbons (Fsp3) is 0.136. The maximum Gasteiger partial charge on any atom is 0.238 e. The van der Waals surface area contributed by atoms with Crippen molar-refractivity contribution in [2.45, 2.75) is 0 Å². The van der Waals surface area contributed by atoms with Gasteiger partial charge in [-0.2, -0.15) is 0 Å². The maximum atomic E-state index is 12.2. The van der Waals surface area contributed by atoms with Crippen LogP contribution in [0.1, 0.15) is 0 Å². The molecule has 0 spiro atoms. The Bertz CT molecular complexity index is 1100. The maximum absolute atomic E-state index is 12.2. The van der Waals surface area contributed by atoms with E-state index in [-0.39, 0.29) is 12.5 Å². The zero-order chi connectivity index (χ0) is 19.2. The molecule has 28 heavy (non-hydrogen) atoms. The molecule has 6 nitrogen and oxygen atoms in total. The average Bonchev–Trinajstić information content (AvgIpc) is 2.74. The lowest BCUT2D eigenvalue weighted by Gasteiger charge is -2.11. The van der Waals surface area contributed by atoms with Gasteiger partial charge in [-0.05, 0) is 23.6 Å². The molecular weight excluding hydrogens is 350 g/mol. The monoisotopic (exact) mass is 371 g/mol. The topological polar surface area (TPSA) is 78.9 Å². The molecule has 1 aromatic heterocycles. The van der Waals surface area contributed by atoms with Crippen molar-refractivity contribution in [2.75, 3.05) is 30.3 Å². The highest BCUT2D eigenvalue weighted by atomic mass is 16.1. The van der Waals surface area contributed by atoms with Crippen molar-refractivity contribution < 1.29 is 4.79 Å². The number of anilines is 2. The van der Waals surface area contributed by atoms with Crippen molar-refractivity contribution >= 4 is 39.1 Å². The first-order valence-corrected chi connectivity index (χ1v) is 9.23. The Morgan fingerprint density at radius 1 is 0.821 bits per heavy atom. The molecule has 0 radical (unpaired) electrons. The number of carbonyl (C=O) groups is 1. The summed E-state index contributed by atoms with van der Waals surface area (Å²) in [7, 11) is 0. The summed E-state index contributed by atoms with van der Waals surface area (Å²) >= 11 is 0. The van der Waals surface area contributed by atoms with Crippen molar-refractivity contribution in [1.29, 1.82) is 0 Å². The number of para-hydroxylation sites is 1. The number of nitrogens with one attached hydrogen (secondary N) is 3. The first-order chi connectivity index (χ1) is 13.8. The molecule has 1 amide bonds. The number of nitrogens with zero attached hydrogens (tertiary/aromatic N) is 2. The molecule has 0 aliphatic heterocycles. The SMILES string of the molecule is O=C(CNCCNc1cccc2ccccc12)Nc1cccc2nccnc12. The summed E-state index contributed by atoms with van der Waals surface area (Å²) < 4.78 is 0. The predicted octanol–water partition coefficient (Wildman–Crippen LogP) is 3.42. The fourth-order valence-electron chi connectivity index (χ4n) is 3.15. The Morgan fingerprint density at radius 3 is 2.57 bits per heavy atom. The van der Waals surface area contributed by atoms with Crippen LogP contribution in [-0.4, -0.2) is 35.5 Å². The van der Waals surface area contributed by atoms with Crippen LogP contribution in [0.2, 0.25) is 0 Å². The van der Waals surface area contributed by atoms with E-state index in [1.54, 1.807) is 12.4 Å². The Kier molecular flexibility index (Phi) is 5.40. The first kappa shape index (κ1) is 17.9. The summed E-state index contributed by atoms with van der Waals surface area (Å²) in [4.78, 5) is 20.8. The van der Waals surface area contributed by atoms with Gasteiger partial charge in [0, 0.05) is 36.6 Å². The van der Waals surface area contributed by atoms with Crippen LogP contribution in [0.15, 0.2) is 73.1 Å². The molecule has 0 aliphatic carbocycles. The van der Waals surface area contributed by atoms with Gasteiger partial charge in [0.05, 0.1) is 17.7 Å². The van der Waals surface area contributed by atoms with Gasteiger partial charge in [0.2, 0.25) is 5.91 Å². The number of benzene rings is 3. The molecule has 0 bridgehead atoms. The molecule has 1 heterocycles. The number of carbonyl (C=O) groups excluding carboxylic acids is 1. The highest BCUT2D eigenvalue weighted by Crippen LogP contribution is 2.22. The quantitative estimate of drug-likeness (QED) is 0.434. The molecule has 3 N–H and O–H groups in total. The molecule has 140 valence electrons. The molecule has 6 heteroatoms. The predicted molar refractivity (Wildman–Crippen MR) is 113 cm³/mol. The summed E-state index contributed by atoms with van der Waals surface area (Å²) in [5, 5.41) is 11.9. The smallest absolute Gasteiger partial charge is 0.238 e. The Hall–Kier alpha value is -3.51. The van der Waals surface area contributed by atoms with Crippen LogP contribution in [0.3, 0.4) is 0 Å². The van der Waals surface area contributed by atoms with E-state index >= 15 is 0 Å². The molecular formula is C22H21N5O.